The Morgan fingerprint density at radius 1 is 1.05 bits per heavy atom. The van der Waals surface area contributed by atoms with Crippen LogP contribution < -0.4 is 14.8 Å². The van der Waals surface area contributed by atoms with Crippen molar-refractivity contribution in [2.24, 2.45) is 0 Å². The molecule has 0 amide bonds. The zero-order valence-electron chi connectivity index (χ0n) is 22.5. The number of benzene rings is 3. The molecule has 0 aromatic heterocycles. The molecule has 0 unspecified atom stereocenters. The number of ether oxygens (including phenoxy) is 3. The highest BCUT2D eigenvalue weighted by Crippen LogP contribution is 2.36. The lowest BCUT2D eigenvalue weighted by molar-refractivity contribution is -0.143. The number of hydrogen-bond acceptors (Lipinski definition) is 6. The number of nitrogens with zero attached hydrogens (tertiary/aromatic N) is 1. The Hall–Kier alpha value is -2.77. The van der Waals surface area contributed by atoms with Crippen molar-refractivity contribution in [1.82, 2.24) is 10.2 Å². The topological polar surface area (TPSA) is 60.0 Å². The zero-order chi connectivity index (χ0) is 27.5. The van der Waals surface area contributed by atoms with Crippen LogP contribution >= 0.6 is 23.2 Å². The van der Waals surface area contributed by atoms with Gasteiger partial charge in [-0.15, -0.1) is 0 Å². The molecule has 39 heavy (non-hydrogen) atoms. The third-order valence-corrected chi connectivity index (χ3v) is 8.32. The fraction of sp³-hybridized carbons (Fsp3) is 0.387. The van der Waals surface area contributed by atoms with Crippen LogP contribution in [0.5, 0.6) is 11.5 Å². The molecule has 3 atom stereocenters. The quantitative estimate of drug-likeness (QED) is 0.321. The van der Waals surface area contributed by atoms with E-state index in [0.29, 0.717) is 23.0 Å². The second kappa shape index (κ2) is 12.2. The van der Waals surface area contributed by atoms with Gasteiger partial charge in [-0.2, -0.15) is 0 Å². The Morgan fingerprint density at radius 3 is 2.54 bits per heavy atom. The molecule has 2 aliphatic heterocycles. The molecule has 0 radical (unpaired) electrons. The number of likely N-dealkylation sites (N-methyl/N-ethyl adjacent to an activating group) is 1. The molecule has 0 aliphatic carbocycles. The van der Waals surface area contributed by atoms with Crippen LogP contribution in [-0.2, 0) is 29.0 Å². The number of nitrogens with one attached hydrogen (secondary N) is 1. The molecule has 6 nitrogen and oxygen atoms in total. The molecule has 2 aliphatic rings. The molecule has 206 valence electrons. The van der Waals surface area contributed by atoms with Gasteiger partial charge in [-0.3, -0.25) is 9.69 Å². The minimum Gasteiger partial charge on any atom is -0.486 e. The number of carbonyl (C=O) groups is 1. The van der Waals surface area contributed by atoms with E-state index in [2.05, 4.69) is 48.3 Å². The maximum absolute atomic E-state index is 12.1. The molecule has 3 aromatic rings. The predicted octanol–water partition coefficient (Wildman–Crippen LogP) is 6.67. The lowest BCUT2D eigenvalue weighted by Gasteiger charge is -2.26. The van der Waals surface area contributed by atoms with E-state index in [4.69, 9.17) is 37.4 Å². The number of methoxy groups -OCH3 is 1. The summed E-state index contributed by atoms with van der Waals surface area (Å²) in [5, 5.41) is 4.35. The summed E-state index contributed by atoms with van der Waals surface area (Å²) in [4.78, 5) is 14.5. The standard InChI is InChI=1S/C31H34Cl2N2O4/c1-4-28(20-8-11-25(32)26(33)13-20)38-24-9-6-19(7-10-24)30-18-35(5-2)17-23-12-21-14-27(31(36)37-3)34-16-22(21)15-29(23)39-30/h6-13,15,27-28,30,34H,4-5,14,16-18H2,1-3H3/t27-,28+,30+/m0/s1. The number of hydrogen-bond donors (Lipinski definition) is 1. The highest BCUT2D eigenvalue weighted by Gasteiger charge is 2.29. The zero-order valence-corrected chi connectivity index (χ0v) is 24.0. The van der Waals surface area contributed by atoms with E-state index in [1.54, 1.807) is 6.07 Å². The smallest absolute Gasteiger partial charge is 0.323 e. The number of rotatable bonds is 7. The maximum atomic E-state index is 12.1. The van der Waals surface area contributed by atoms with Crippen molar-refractivity contribution < 1.29 is 19.0 Å². The molecule has 0 saturated heterocycles. The van der Waals surface area contributed by atoms with E-state index in [-0.39, 0.29) is 24.2 Å². The number of fused-ring (bicyclic) bond motifs is 2. The van der Waals surface area contributed by atoms with E-state index in [9.17, 15) is 4.79 Å². The molecule has 0 spiro atoms. The van der Waals surface area contributed by atoms with Gasteiger partial charge in [-0.25, -0.2) is 0 Å². The Balaban J connectivity index is 1.34. The predicted molar refractivity (Wildman–Crippen MR) is 154 cm³/mol. The fourth-order valence-corrected chi connectivity index (χ4v) is 5.62. The summed E-state index contributed by atoms with van der Waals surface area (Å²) in [5.74, 6) is 1.47. The molecule has 0 bridgehead atoms. The normalized spacial score (nSPS) is 19.7. The van der Waals surface area contributed by atoms with Crippen LogP contribution in [0.4, 0.5) is 0 Å². The third-order valence-electron chi connectivity index (χ3n) is 7.58. The summed E-state index contributed by atoms with van der Waals surface area (Å²) in [6.07, 6.45) is 1.18. The summed E-state index contributed by atoms with van der Waals surface area (Å²) in [6, 6.07) is 17.8. The lowest BCUT2D eigenvalue weighted by Crippen LogP contribution is -2.42. The van der Waals surface area contributed by atoms with Crippen LogP contribution in [-0.4, -0.2) is 37.1 Å². The Morgan fingerprint density at radius 2 is 1.85 bits per heavy atom. The number of halogens is 2. The second-order valence-electron chi connectivity index (χ2n) is 10.1. The van der Waals surface area contributed by atoms with Crippen LogP contribution in [0.2, 0.25) is 10.0 Å². The fourth-order valence-electron chi connectivity index (χ4n) is 5.31. The summed E-state index contributed by atoms with van der Waals surface area (Å²) in [6.45, 7) is 7.35. The molecule has 0 saturated carbocycles. The summed E-state index contributed by atoms with van der Waals surface area (Å²) in [7, 11) is 1.43. The van der Waals surface area contributed by atoms with Crippen molar-refractivity contribution in [3.05, 3.63) is 92.5 Å². The summed E-state index contributed by atoms with van der Waals surface area (Å²) < 4.78 is 17.9. The van der Waals surface area contributed by atoms with Gasteiger partial charge in [0.2, 0.25) is 0 Å². The highest BCUT2D eigenvalue weighted by atomic mass is 35.5. The van der Waals surface area contributed by atoms with Crippen molar-refractivity contribution in [3.8, 4) is 11.5 Å². The molecular formula is C31H34Cl2N2O4. The first kappa shape index (κ1) is 27.8. The van der Waals surface area contributed by atoms with Gasteiger partial charge in [-0.1, -0.05) is 61.3 Å². The largest absolute Gasteiger partial charge is 0.486 e. The molecule has 0 fully saturated rings. The van der Waals surface area contributed by atoms with E-state index in [0.717, 1.165) is 59.8 Å². The van der Waals surface area contributed by atoms with Crippen LogP contribution in [0.25, 0.3) is 0 Å². The van der Waals surface area contributed by atoms with Gasteiger partial charge in [-0.05, 0) is 72.0 Å². The highest BCUT2D eigenvalue weighted by molar-refractivity contribution is 6.42. The van der Waals surface area contributed by atoms with Crippen molar-refractivity contribution in [3.63, 3.8) is 0 Å². The number of esters is 1. The van der Waals surface area contributed by atoms with Gasteiger partial charge in [0.05, 0.1) is 17.2 Å². The molecule has 5 rings (SSSR count). The van der Waals surface area contributed by atoms with Crippen molar-refractivity contribution in [1.29, 1.82) is 0 Å². The molecule has 1 N–H and O–H groups in total. The Bertz CT molecular complexity index is 1330. The minimum absolute atomic E-state index is 0.116. The minimum atomic E-state index is -0.313. The third kappa shape index (κ3) is 6.20. The lowest BCUT2D eigenvalue weighted by atomic mass is 9.93. The molecular weight excluding hydrogens is 535 g/mol. The van der Waals surface area contributed by atoms with Crippen molar-refractivity contribution >= 4 is 29.2 Å². The average molecular weight is 570 g/mol. The van der Waals surface area contributed by atoms with Crippen LogP contribution in [0.15, 0.2) is 54.6 Å². The molecule has 8 heteroatoms. The van der Waals surface area contributed by atoms with Gasteiger partial charge < -0.3 is 19.5 Å². The van der Waals surface area contributed by atoms with Crippen LogP contribution in [0.3, 0.4) is 0 Å². The Labute approximate surface area is 240 Å². The van der Waals surface area contributed by atoms with Gasteiger partial charge in [0.15, 0.2) is 0 Å². The summed E-state index contributed by atoms with van der Waals surface area (Å²) in [5.41, 5.74) is 5.58. The van der Waals surface area contributed by atoms with E-state index >= 15 is 0 Å². The first-order valence-electron chi connectivity index (χ1n) is 13.4. The maximum Gasteiger partial charge on any atom is 0.323 e. The Kier molecular flexibility index (Phi) is 8.67. The average Bonchev–Trinajstić information content (AvgIpc) is 3.14. The first-order chi connectivity index (χ1) is 18.9. The van der Waals surface area contributed by atoms with Gasteiger partial charge in [0.1, 0.15) is 29.7 Å². The van der Waals surface area contributed by atoms with Gasteiger partial charge >= 0.3 is 5.97 Å². The van der Waals surface area contributed by atoms with E-state index < -0.39 is 0 Å². The van der Waals surface area contributed by atoms with Crippen molar-refractivity contribution in [2.45, 2.75) is 58.0 Å². The van der Waals surface area contributed by atoms with E-state index in [1.807, 2.05) is 24.3 Å². The van der Waals surface area contributed by atoms with Crippen molar-refractivity contribution in [2.75, 3.05) is 20.2 Å². The SMILES string of the molecule is CC[C@@H](Oc1ccc([C@H]2CN(CC)Cc3cc4c(cc3O2)CN[C@H](C(=O)OC)C4)cc1)c1ccc(Cl)c(Cl)c1. The monoisotopic (exact) mass is 568 g/mol. The van der Waals surface area contributed by atoms with Gasteiger partial charge in [0.25, 0.3) is 0 Å². The first-order valence-corrected chi connectivity index (χ1v) is 14.2. The second-order valence-corrected chi connectivity index (χ2v) is 10.9. The number of carbonyl (C=O) groups excluding carboxylic acids is 1. The molecule has 2 heterocycles. The van der Waals surface area contributed by atoms with Gasteiger partial charge in [0, 0.05) is 25.2 Å². The molecule has 3 aromatic carbocycles. The van der Waals surface area contributed by atoms with Crippen LogP contribution in [0, 0.1) is 0 Å². The van der Waals surface area contributed by atoms with Crippen LogP contribution in [0.1, 0.15) is 60.3 Å². The summed E-state index contributed by atoms with van der Waals surface area (Å²) >= 11 is 12.3. The van der Waals surface area contributed by atoms with E-state index in [1.165, 1.54) is 12.7 Å².